The van der Waals surface area contributed by atoms with Gasteiger partial charge in [-0.3, -0.25) is 4.98 Å². The van der Waals surface area contributed by atoms with E-state index >= 15 is 0 Å². The fourth-order valence-corrected chi connectivity index (χ4v) is 1.03. The van der Waals surface area contributed by atoms with Crippen molar-refractivity contribution >= 4 is 0 Å². The number of aromatic nitrogens is 1. The molecular weight excluding hydrogens is 157 g/mol. The lowest BCUT2D eigenvalue weighted by Gasteiger charge is -2.07. The predicted molar refractivity (Wildman–Crippen MR) is 44.2 cm³/mol. The molecular formula is C9H12FNO. The third kappa shape index (κ3) is 1.61. The lowest BCUT2D eigenvalue weighted by molar-refractivity contribution is 0.274. The summed E-state index contributed by atoms with van der Waals surface area (Å²) < 4.78 is 13.3. The van der Waals surface area contributed by atoms with Crippen molar-refractivity contribution in [1.82, 2.24) is 4.98 Å². The zero-order valence-electron chi connectivity index (χ0n) is 7.21. The van der Waals surface area contributed by atoms with Gasteiger partial charge in [0.05, 0.1) is 12.3 Å². The molecule has 1 aromatic rings. The van der Waals surface area contributed by atoms with Crippen LogP contribution in [-0.2, 0) is 6.61 Å². The molecule has 1 aromatic heterocycles. The summed E-state index contributed by atoms with van der Waals surface area (Å²) >= 11 is 0. The number of pyridine rings is 1. The van der Waals surface area contributed by atoms with Gasteiger partial charge in [0.1, 0.15) is 5.82 Å². The predicted octanol–water partition coefficient (Wildman–Crippen LogP) is 1.84. The summed E-state index contributed by atoms with van der Waals surface area (Å²) in [7, 11) is 0. The van der Waals surface area contributed by atoms with Gasteiger partial charge in [0, 0.05) is 11.8 Å². The lowest BCUT2D eigenvalue weighted by Crippen LogP contribution is -2.01. The van der Waals surface area contributed by atoms with Crippen LogP contribution in [0.2, 0.25) is 0 Å². The van der Waals surface area contributed by atoms with Crippen molar-refractivity contribution in [1.29, 1.82) is 0 Å². The average Bonchev–Trinajstić information content (AvgIpc) is 2.04. The molecule has 12 heavy (non-hydrogen) atoms. The third-order valence-electron chi connectivity index (χ3n) is 1.71. The molecule has 1 heterocycles. The van der Waals surface area contributed by atoms with Gasteiger partial charge in [-0.25, -0.2) is 4.39 Å². The summed E-state index contributed by atoms with van der Waals surface area (Å²) in [5.41, 5.74) is 0.732. The van der Waals surface area contributed by atoms with E-state index in [2.05, 4.69) is 4.98 Å². The van der Waals surface area contributed by atoms with Crippen molar-refractivity contribution in [2.75, 3.05) is 0 Å². The molecule has 0 atom stereocenters. The molecule has 0 radical (unpaired) electrons. The molecule has 0 aliphatic rings. The molecule has 0 aromatic carbocycles. The molecule has 3 heteroatoms. The first-order valence-electron chi connectivity index (χ1n) is 3.91. The molecule has 1 rings (SSSR count). The number of nitrogens with zero attached hydrogens (tertiary/aromatic N) is 1. The van der Waals surface area contributed by atoms with Crippen LogP contribution in [0, 0.1) is 5.82 Å². The molecule has 2 nitrogen and oxygen atoms in total. The molecule has 0 bridgehead atoms. The van der Waals surface area contributed by atoms with Crippen LogP contribution in [-0.4, -0.2) is 10.1 Å². The summed E-state index contributed by atoms with van der Waals surface area (Å²) in [6.45, 7) is 3.47. The normalized spacial score (nSPS) is 10.8. The maximum absolute atomic E-state index is 13.3. The van der Waals surface area contributed by atoms with Crippen molar-refractivity contribution in [3.05, 3.63) is 29.3 Å². The molecule has 0 spiro atoms. The smallest absolute Gasteiger partial charge is 0.150 e. The van der Waals surface area contributed by atoms with Crippen molar-refractivity contribution in [2.24, 2.45) is 0 Å². The largest absolute Gasteiger partial charge is 0.392 e. The van der Waals surface area contributed by atoms with Crippen LogP contribution in [0.15, 0.2) is 12.3 Å². The van der Waals surface area contributed by atoms with E-state index in [9.17, 15) is 4.39 Å². The van der Waals surface area contributed by atoms with E-state index in [1.165, 1.54) is 12.3 Å². The summed E-state index contributed by atoms with van der Waals surface area (Å²) in [4.78, 5) is 3.90. The van der Waals surface area contributed by atoms with Crippen LogP contribution in [0.25, 0.3) is 0 Å². The Morgan fingerprint density at radius 1 is 1.58 bits per heavy atom. The van der Waals surface area contributed by atoms with Crippen molar-refractivity contribution in [3.8, 4) is 0 Å². The first-order valence-corrected chi connectivity index (χ1v) is 3.91. The fourth-order valence-electron chi connectivity index (χ4n) is 1.03. The first kappa shape index (κ1) is 9.13. The molecule has 0 unspecified atom stereocenters. The molecule has 1 N–H and O–H groups in total. The van der Waals surface area contributed by atoms with Crippen molar-refractivity contribution in [2.45, 2.75) is 26.4 Å². The number of hydrogen-bond acceptors (Lipinski definition) is 2. The molecule has 0 saturated heterocycles. The van der Waals surface area contributed by atoms with Crippen LogP contribution in [0.3, 0.4) is 0 Å². The van der Waals surface area contributed by atoms with Gasteiger partial charge in [-0.05, 0) is 12.0 Å². The highest BCUT2D eigenvalue weighted by Gasteiger charge is 2.10. The lowest BCUT2D eigenvalue weighted by atomic mass is 10.1. The van der Waals surface area contributed by atoms with E-state index in [0.29, 0.717) is 11.3 Å². The number of aliphatic hydroxyl groups excluding tert-OH is 1. The van der Waals surface area contributed by atoms with Gasteiger partial charge < -0.3 is 5.11 Å². The monoisotopic (exact) mass is 169 g/mol. The second-order valence-corrected chi connectivity index (χ2v) is 2.98. The molecule has 66 valence electrons. The minimum atomic E-state index is -0.380. The second kappa shape index (κ2) is 3.63. The maximum Gasteiger partial charge on any atom is 0.150 e. The average molecular weight is 169 g/mol. The molecule has 0 aliphatic carbocycles. The highest BCUT2D eigenvalue weighted by molar-refractivity contribution is 5.20. The highest BCUT2D eigenvalue weighted by atomic mass is 19.1. The topological polar surface area (TPSA) is 33.1 Å². The molecule has 0 amide bonds. The Morgan fingerprint density at radius 3 is 2.75 bits per heavy atom. The minimum absolute atomic E-state index is 0.0523. The van der Waals surface area contributed by atoms with Gasteiger partial charge in [0.15, 0.2) is 0 Å². The van der Waals surface area contributed by atoms with E-state index in [1.54, 1.807) is 0 Å². The summed E-state index contributed by atoms with van der Waals surface area (Å²) in [6, 6.07) is 1.49. The number of aliphatic hydroxyl groups is 1. The minimum Gasteiger partial charge on any atom is -0.392 e. The highest BCUT2D eigenvalue weighted by Crippen LogP contribution is 2.17. The fraction of sp³-hybridized carbons (Fsp3) is 0.444. The van der Waals surface area contributed by atoms with Crippen LogP contribution in [0.1, 0.15) is 31.0 Å². The number of halogens is 1. The molecule has 0 saturated carbocycles. The summed E-state index contributed by atoms with van der Waals surface area (Å²) in [5, 5.41) is 8.76. The third-order valence-corrected chi connectivity index (χ3v) is 1.71. The van der Waals surface area contributed by atoms with Crippen LogP contribution >= 0.6 is 0 Å². The number of hydrogen-bond donors (Lipinski definition) is 1. The Kier molecular flexibility index (Phi) is 2.76. The van der Waals surface area contributed by atoms with Crippen molar-refractivity contribution < 1.29 is 9.50 Å². The van der Waals surface area contributed by atoms with Gasteiger partial charge in [0.25, 0.3) is 0 Å². The van der Waals surface area contributed by atoms with Gasteiger partial charge in [0.2, 0.25) is 0 Å². The number of rotatable bonds is 2. The maximum atomic E-state index is 13.3. The van der Waals surface area contributed by atoms with Gasteiger partial charge >= 0.3 is 0 Å². The Morgan fingerprint density at radius 2 is 2.25 bits per heavy atom. The summed E-state index contributed by atoms with van der Waals surface area (Å²) in [6.07, 6.45) is 1.52. The van der Waals surface area contributed by atoms with Gasteiger partial charge in [-0.2, -0.15) is 0 Å². The Bertz CT molecular complexity index is 273. The zero-order chi connectivity index (χ0) is 9.14. The van der Waals surface area contributed by atoms with Crippen LogP contribution in [0.5, 0.6) is 0 Å². The van der Waals surface area contributed by atoms with Crippen molar-refractivity contribution in [3.63, 3.8) is 0 Å². The van der Waals surface area contributed by atoms with Gasteiger partial charge in [-0.1, -0.05) is 13.8 Å². The quantitative estimate of drug-likeness (QED) is 0.732. The standard InChI is InChI=1S/C9H12FNO/c1-6(2)9-8(10)7(5-12)3-4-11-9/h3-4,6,12H,5H2,1-2H3. The van der Waals surface area contributed by atoms with E-state index in [1.807, 2.05) is 13.8 Å². The first-order chi connectivity index (χ1) is 5.66. The SMILES string of the molecule is CC(C)c1nccc(CO)c1F. The van der Waals surface area contributed by atoms with Gasteiger partial charge in [-0.15, -0.1) is 0 Å². The second-order valence-electron chi connectivity index (χ2n) is 2.98. The van der Waals surface area contributed by atoms with Crippen LogP contribution in [0.4, 0.5) is 4.39 Å². The van der Waals surface area contributed by atoms with Crippen LogP contribution < -0.4 is 0 Å². The van der Waals surface area contributed by atoms with E-state index in [4.69, 9.17) is 5.11 Å². The summed E-state index contributed by atoms with van der Waals surface area (Å²) in [5.74, 6) is -0.327. The van der Waals surface area contributed by atoms with E-state index in [-0.39, 0.29) is 18.3 Å². The molecule has 0 fully saturated rings. The van der Waals surface area contributed by atoms with E-state index in [0.717, 1.165) is 0 Å². The molecule has 0 aliphatic heterocycles. The Balaban J connectivity index is 3.14. The zero-order valence-corrected chi connectivity index (χ0v) is 7.21. The Hall–Kier alpha value is -0.960. The van der Waals surface area contributed by atoms with E-state index < -0.39 is 0 Å². The Labute approximate surface area is 71.1 Å².